The number of benzene rings is 2. The van der Waals surface area contributed by atoms with Crippen LogP contribution in [-0.2, 0) is 13.1 Å². The van der Waals surface area contributed by atoms with Crippen LogP contribution in [0, 0.1) is 0 Å². The van der Waals surface area contributed by atoms with Crippen molar-refractivity contribution in [3.05, 3.63) is 90.3 Å². The lowest BCUT2D eigenvalue weighted by atomic mass is 10.1. The van der Waals surface area contributed by atoms with E-state index in [-0.39, 0.29) is 0 Å². The smallest absolute Gasteiger partial charge is 0.191 e. The molecule has 7 nitrogen and oxygen atoms in total. The predicted molar refractivity (Wildman–Crippen MR) is 126 cm³/mol. The number of nitrogens with zero attached hydrogens (tertiary/aromatic N) is 4. The molecule has 0 unspecified atom stereocenters. The Hall–Kier alpha value is -3.87. The van der Waals surface area contributed by atoms with Crippen LogP contribution in [0.4, 0.5) is 5.82 Å². The minimum absolute atomic E-state index is 0.691. The maximum Gasteiger partial charge on any atom is 0.191 e. The van der Waals surface area contributed by atoms with Crippen molar-refractivity contribution < 1.29 is 0 Å². The van der Waals surface area contributed by atoms with E-state index >= 15 is 0 Å². The molecule has 0 saturated heterocycles. The highest BCUT2D eigenvalue weighted by molar-refractivity contribution is 5.80. The van der Waals surface area contributed by atoms with Gasteiger partial charge in [0.15, 0.2) is 5.96 Å². The van der Waals surface area contributed by atoms with Gasteiger partial charge in [-0.2, -0.15) is 5.10 Å². The Morgan fingerprint density at radius 2 is 1.74 bits per heavy atom. The van der Waals surface area contributed by atoms with Crippen molar-refractivity contribution in [1.82, 2.24) is 25.4 Å². The van der Waals surface area contributed by atoms with E-state index < -0.39 is 0 Å². The summed E-state index contributed by atoms with van der Waals surface area (Å²) in [6.07, 6.45) is 3.77. The van der Waals surface area contributed by atoms with E-state index in [2.05, 4.69) is 67.4 Å². The summed E-state index contributed by atoms with van der Waals surface area (Å²) in [6, 6.07) is 22.5. The molecule has 0 amide bonds. The van der Waals surface area contributed by atoms with E-state index in [9.17, 15) is 0 Å². The van der Waals surface area contributed by atoms with Gasteiger partial charge in [-0.3, -0.25) is 9.67 Å². The zero-order chi connectivity index (χ0) is 21.3. The average Bonchev–Trinajstić information content (AvgIpc) is 3.32. The number of hydrogen-bond donors (Lipinski definition) is 3. The van der Waals surface area contributed by atoms with E-state index in [1.807, 2.05) is 41.2 Å². The molecule has 0 fully saturated rings. The van der Waals surface area contributed by atoms with Crippen molar-refractivity contribution in [2.75, 3.05) is 25.5 Å². The Morgan fingerprint density at radius 1 is 0.903 bits per heavy atom. The Kier molecular flexibility index (Phi) is 6.74. The van der Waals surface area contributed by atoms with Crippen molar-refractivity contribution >= 4 is 22.7 Å². The molecule has 4 aromatic rings. The second kappa shape index (κ2) is 10.2. The monoisotopic (exact) mass is 413 g/mol. The fourth-order valence-electron chi connectivity index (χ4n) is 3.39. The number of aliphatic imine (C=N–C) groups is 1. The molecule has 31 heavy (non-hydrogen) atoms. The summed E-state index contributed by atoms with van der Waals surface area (Å²) < 4.78 is 1.93. The van der Waals surface area contributed by atoms with Crippen LogP contribution in [0.5, 0.6) is 0 Å². The largest absolute Gasteiger partial charge is 0.368 e. The first-order valence-electron chi connectivity index (χ1n) is 10.4. The van der Waals surface area contributed by atoms with Crippen LogP contribution in [-0.4, -0.2) is 40.9 Å². The van der Waals surface area contributed by atoms with Gasteiger partial charge in [0.2, 0.25) is 0 Å². The third-order valence-electron chi connectivity index (χ3n) is 5.00. The number of para-hydroxylation sites is 1. The highest BCUT2D eigenvalue weighted by Gasteiger charge is 2.05. The molecule has 3 N–H and O–H groups in total. The van der Waals surface area contributed by atoms with Gasteiger partial charge in [-0.15, -0.1) is 0 Å². The number of fused-ring (bicyclic) bond motifs is 1. The molecule has 0 bridgehead atoms. The molecular weight excluding hydrogens is 386 g/mol. The van der Waals surface area contributed by atoms with Crippen molar-refractivity contribution in [2.45, 2.75) is 13.1 Å². The van der Waals surface area contributed by atoms with E-state index in [0.717, 1.165) is 42.3 Å². The van der Waals surface area contributed by atoms with Crippen LogP contribution in [0.25, 0.3) is 10.9 Å². The van der Waals surface area contributed by atoms with Crippen LogP contribution < -0.4 is 16.0 Å². The number of anilines is 1. The summed E-state index contributed by atoms with van der Waals surface area (Å²) in [5.41, 5.74) is 3.45. The summed E-state index contributed by atoms with van der Waals surface area (Å²) in [5, 5.41) is 15.5. The molecule has 2 heterocycles. The summed E-state index contributed by atoms with van der Waals surface area (Å²) in [5.74, 6) is 1.64. The standard InChI is InChI=1S/C24H27N7/c1-25-24(27-15-14-26-23-12-11-19-7-4-5-10-22(19)30-23)28-17-20-8-2-3-9-21(20)18-31-16-6-13-29-31/h2-13,16H,14-15,17-18H2,1H3,(H,26,30)(H2,25,27,28). The van der Waals surface area contributed by atoms with Gasteiger partial charge in [0.05, 0.1) is 12.1 Å². The van der Waals surface area contributed by atoms with E-state index in [0.29, 0.717) is 6.54 Å². The topological polar surface area (TPSA) is 79.2 Å². The maximum atomic E-state index is 4.64. The molecule has 0 aliphatic carbocycles. The second-order valence-electron chi connectivity index (χ2n) is 7.14. The Balaban J connectivity index is 1.25. The predicted octanol–water partition coefficient (Wildman–Crippen LogP) is 3.26. The van der Waals surface area contributed by atoms with Gasteiger partial charge >= 0.3 is 0 Å². The summed E-state index contributed by atoms with van der Waals surface area (Å²) in [4.78, 5) is 8.96. The Morgan fingerprint density at radius 3 is 2.58 bits per heavy atom. The molecule has 4 rings (SSSR count). The molecular formula is C24H27N7. The normalized spacial score (nSPS) is 11.5. The first-order chi connectivity index (χ1) is 15.3. The summed E-state index contributed by atoms with van der Waals surface area (Å²) >= 11 is 0. The van der Waals surface area contributed by atoms with E-state index in [1.54, 1.807) is 13.2 Å². The first-order valence-corrected chi connectivity index (χ1v) is 10.4. The lowest BCUT2D eigenvalue weighted by Gasteiger charge is -2.15. The number of nitrogens with one attached hydrogen (secondary N) is 3. The number of hydrogen-bond acceptors (Lipinski definition) is 4. The summed E-state index contributed by atoms with van der Waals surface area (Å²) in [7, 11) is 1.78. The summed E-state index contributed by atoms with van der Waals surface area (Å²) in [6.45, 7) is 2.90. The number of pyridine rings is 1. The lowest BCUT2D eigenvalue weighted by molar-refractivity contribution is 0.677. The molecule has 158 valence electrons. The molecule has 0 aliphatic rings. The van der Waals surface area contributed by atoms with Crippen LogP contribution in [0.1, 0.15) is 11.1 Å². The van der Waals surface area contributed by atoms with Crippen molar-refractivity contribution in [2.24, 2.45) is 4.99 Å². The molecule has 0 aliphatic heterocycles. The SMILES string of the molecule is CN=C(NCCNc1ccc2ccccc2n1)NCc1ccccc1Cn1cccn1. The number of rotatable bonds is 8. The van der Waals surface area contributed by atoms with Gasteiger partial charge in [0, 0.05) is 44.5 Å². The first kappa shape index (κ1) is 20.4. The Bertz CT molecular complexity index is 1140. The highest BCUT2D eigenvalue weighted by Crippen LogP contribution is 2.14. The Labute approximate surface area is 182 Å². The van der Waals surface area contributed by atoms with Crippen LogP contribution in [0.15, 0.2) is 84.1 Å². The van der Waals surface area contributed by atoms with Crippen molar-refractivity contribution in [3.63, 3.8) is 0 Å². The molecule has 2 aromatic heterocycles. The van der Waals surface area contributed by atoms with E-state index in [4.69, 9.17) is 0 Å². The van der Waals surface area contributed by atoms with E-state index in [1.165, 1.54) is 11.1 Å². The second-order valence-corrected chi connectivity index (χ2v) is 7.14. The van der Waals surface area contributed by atoms with Gasteiger partial charge < -0.3 is 16.0 Å². The molecule has 0 radical (unpaired) electrons. The zero-order valence-electron chi connectivity index (χ0n) is 17.6. The van der Waals surface area contributed by atoms with Crippen molar-refractivity contribution in [1.29, 1.82) is 0 Å². The maximum absolute atomic E-state index is 4.64. The van der Waals surface area contributed by atoms with Gasteiger partial charge in [-0.1, -0.05) is 42.5 Å². The van der Waals surface area contributed by atoms with Crippen LogP contribution >= 0.6 is 0 Å². The van der Waals surface area contributed by atoms with Crippen molar-refractivity contribution in [3.8, 4) is 0 Å². The third kappa shape index (κ3) is 5.60. The molecule has 0 spiro atoms. The van der Waals surface area contributed by atoms with Gasteiger partial charge in [0.1, 0.15) is 5.82 Å². The lowest BCUT2D eigenvalue weighted by Crippen LogP contribution is -2.39. The van der Waals surface area contributed by atoms with Gasteiger partial charge in [-0.25, -0.2) is 4.98 Å². The third-order valence-corrected chi connectivity index (χ3v) is 5.00. The van der Waals surface area contributed by atoms with Gasteiger partial charge in [0.25, 0.3) is 0 Å². The molecule has 0 saturated carbocycles. The number of guanidine groups is 1. The fraction of sp³-hybridized carbons (Fsp3) is 0.208. The number of aromatic nitrogens is 3. The van der Waals surface area contributed by atoms with Crippen LogP contribution in [0.3, 0.4) is 0 Å². The van der Waals surface area contributed by atoms with Gasteiger partial charge in [-0.05, 0) is 35.4 Å². The van der Waals surface area contributed by atoms with Crippen LogP contribution in [0.2, 0.25) is 0 Å². The minimum Gasteiger partial charge on any atom is -0.368 e. The molecule has 7 heteroatoms. The quantitative estimate of drug-likeness (QED) is 0.235. The zero-order valence-corrected chi connectivity index (χ0v) is 17.6. The highest BCUT2D eigenvalue weighted by atomic mass is 15.3. The minimum atomic E-state index is 0.691. The average molecular weight is 414 g/mol. The molecule has 2 aromatic carbocycles. The molecule has 0 atom stereocenters. The fourth-order valence-corrected chi connectivity index (χ4v) is 3.39.